The molecule has 4 atom stereocenters. The Morgan fingerprint density at radius 3 is 2.57 bits per heavy atom. The van der Waals surface area contributed by atoms with Crippen molar-refractivity contribution < 1.29 is 4.21 Å². The third kappa shape index (κ3) is 2.80. The molecule has 0 heterocycles. The number of hydrogen-bond donors (Lipinski definition) is 1. The Labute approximate surface area is 90.1 Å². The van der Waals surface area contributed by atoms with E-state index < -0.39 is 10.8 Å². The van der Waals surface area contributed by atoms with Gasteiger partial charge in [-0.05, 0) is 25.2 Å². The average Bonchev–Trinajstić information content (AvgIpc) is 2.17. The molecule has 14 heavy (non-hydrogen) atoms. The monoisotopic (exact) mass is 217 g/mol. The van der Waals surface area contributed by atoms with Crippen molar-refractivity contribution in [3.8, 4) is 0 Å². The van der Waals surface area contributed by atoms with E-state index in [1.165, 1.54) is 12.8 Å². The Morgan fingerprint density at radius 1 is 1.43 bits per heavy atom. The summed E-state index contributed by atoms with van der Waals surface area (Å²) in [6.07, 6.45) is 4.56. The van der Waals surface area contributed by atoms with Gasteiger partial charge in [-0.3, -0.25) is 4.21 Å². The van der Waals surface area contributed by atoms with Gasteiger partial charge in [0.1, 0.15) is 0 Å². The van der Waals surface area contributed by atoms with Crippen LogP contribution in [0.15, 0.2) is 0 Å². The van der Waals surface area contributed by atoms with Crippen LogP contribution in [0.5, 0.6) is 0 Å². The van der Waals surface area contributed by atoms with Gasteiger partial charge in [-0.1, -0.05) is 27.2 Å². The topological polar surface area (TPSA) is 43.1 Å². The molecule has 0 aromatic carbocycles. The van der Waals surface area contributed by atoms with Crippen LogP contribution in [0.25, 0.3) is 0 Å². The maximum atomic E-state index is 12.0. The van der Waals surface area contributed by atoms with E-state index in [1.54, 1.807) is 0 Å². The van der Waals surface area contributed by atoms with Gasteiger partial charge in [0.2, 0.25) is 0 Å². The molecular weight excluding hydrogens is 194 g/mol. The molecular formula is C11H23NOS. The van der Waals surface area contributed by atoms with Gasteiger partial charge in [-0.25, -0.2) is 0 Å². The highest BCUT2D eigenvalue weighted by Crippen LogP contribution is 2.29. The molecule has 2 nitrogen and oxygen atoms in total. The highest BCUT2D eigenvalue weighted by atomic mass is 32.2. The van der Waals surface area contributed by atoms with Gasteiger partial charge in [0, 0.05) is 22.1 Å². The fourth-order valence-corrected chi connectivity index (χ4v) is 3.86. The molecule has 0 spiro atoms. The largest absolute Gasteiger partial charge is 0.327 e. The molecule has 0 saturated heterocycles. The minimum atomic E-state index is -0.736. The van der Waals surface area contributed by atoms with E-state index >= 15 is 0 Å². The summed E-state index contributed by atoms with van der Waals surface area (Å²) in [6, 6.07) is 0.168. The maximum absolute atomic E-state index is 12.0. The molecule has 1 rings (SSSR count). The van der Waals surface area contributed by atoms with Crippen molar-refractivity contribution in [2.75, 3.05) is 0 Å². The van der Waals surface area contributed by atoms with Crippen LogP contribution in [-0.2, 0) is 10.8 Å². The van der Waals surface area contributed by atoms with Gasteiger partial charge < -0.3 is 5.73 Å². The molecule has 0 aromatic rings. The number of nitrogens with two attached hydrogens (primary N) is 1. The molecule has 2 N–H and O–H groups in total. The summed E-state index contributed by atoms with van der Waals surface area (Å²) in [5.41, 5.74) is 6.04. The average molecular weight is 217 g/mol. The molecule has 1 aliphatic carbocycles. The Bertz CT molecular complexity index is 205. The van der Waals surface area contributed by atoms with Crippen molar-refractivity contribution in [3.63, 3.8) is 0 Å². The second-order valence-electron chi connectivity index (χ2n) is 4.67. The van der Waals surface area contributed by atoms with E-state index in [9.17, 15) is 4.21 Å². The fraction of sp³-hybridized carbons (Fsp3) is 1.00. The van der Waals surface area contributed by atoms with Gasteiger partial charge in [-0.2, -0.15) is 0 Å². The lowest BCUT2D eigenvalue weighted by molar-refractivity contribution is 0.323. The molecule has 4 unspecified atom stereocenters. The van der Waals surface area contributed by atoms with E-state index in [1.807, 2.05) is 13.8 Å². The molecule has 0 aliphatic heterocycles. The molecule has 0 bridgehead atoms. The van der Waals surface area contributed by atoms with Crippen molar-refractivity contribution in [2.45, 2.75) is 63.0 Å². The lowest BCUT2D eigenvalue weighted by atomic mass is 9.84. The summed E-state index contributed by atoms with van der Waals surface area (Å²) in [4.78, 5) is 0. The van der Waals surface area contributed by atoms with Gasteiger partial charge in [0.05, 0.1) is 5.25 Å². The number of rotatable bonds is 3. The first-order valence-corrected chi connectivity index (χ1v) is 6.98. The second-order valence-corrected chi connectivity index (χ2v) is 6.87. The molecule has 1 aliphatic rings. The number of hydrogen-bond acceptors (Lipinski definition) is 2. The van der Waals surface area contributed by atoms with Crippen LogP contribution in [0.1, 0.15) is 46.5 Å². The lowest BCUT2D eigenvalue weighted by Gasteiger charge is -2.34. The highest BCUT2D eigenvalue weighted by molar-refractivity contribution is 7.86. The van der Waals surface area contributed by atoms with Crippen molar-refractivity contribution in [1.29, 1.82) is 0 Å². The highest BCUT2D eigenvalue weighted by Gasteiger charge is 2.32. The van der Waals surface area contributed by atoms with E-state index in [2.05, 4.69) is 6.92 Å². The third-order valence-electron chi connectivity index (χ3n) is 3.29. The van der Waals surface area contributed by atoms with Crippen molar-refractivity contribution >= 4 is 10.8 Å². The van der Waals surface area contributed by atoms with Crippen LogP contribution in [0, 0.1) is 5.92 Å². The summed E-state index contributed by atoms with van der Waals surface area (Å²) in [7, 11) is -0.736. The third-order valence-corrected chi connectivity index (χ3v) is 5.36. The van der Waals surface area contributed by atoms with Gasteiger partial charge in [0.15, 0.2) is 0 Å². The van der Waals surface area contributed by atoms with Crippen LogP contribution in [0.4, 0.5) is 0 Å². The summed E-state index contributed by atoms with van der Waals surface area (Å²) in [5.74, 6) is 0.752. The predicted octanol–water partition coefficient (Wildman–Crippen LogP) is 2.05. The summed E-state index contributed by atoms with van der Waals surface area (Å²) in [5, 5.41) is 0.496. The molecule has 0 amide bonds. The molecule has 0 radical (unpaired) electrons. The summed E-state index contributed by atoms with van der Waals surface area (Å²) in [6.45, 7) is 6.27. The first kappa shape index (κ1) is 12.2. The van der Waals surface area contributed by atoms with Crippen molar-refractivity contribution in [1.82, 2.24) is 0 Å². The quantitative estimate of drug-likeness (QED) is 0.786. The van der Waals surface area contributed by atoms with Crippen LogP contribution < -0.4 is 5.73 Å². The predicted molar refractivity (Wildman–Crippen MR) is 62.7 cm³/mol. The first-order chi connectivity index (χ1) is 6.56. The smallest absolute Gasteiger partial charge is 0.0504 e. The summed E-state index contributed by atoms with van der Waals surface area (Å²) < 4.78 is 12.0. The molecule has 1 fully saturated rings. The fourth-order valence-electron chi connectivity index (χ4n) is 2.22. The molecule has 0 aromatic heterocycles. The molecule has 1 saturated carbocycles. The van der Waals surface area contributed by atoms with E-state index in [0.717, 1.165) is 18.8 Å². The van der Waals surface area contributed by atoms with Crippen LogP contribution in [0.3, 0.4) is 0 Å². The second kappa shape index (κ2) is 5.26. The Morgan fingerprint density at radius 2 is 2.07 bits per heavy atom. The van der Waals surface area contributed by atoms with Crippen molar-refractivity contribution in [2.24, 2.45) is 11.7 Å². The minimum absolute atomic E-state index is 0.168. The van der Waals surface area contributed by atoms with Crippen molar-refractivity contribution in [3.05, 3.63) is 0 Å². The molecule has 84 valence electrons. The van der Waals surface area contributed by atoms with Gasteiger partial charge in [-0.15, -0.1) is 0 Å². The Kier molecular flexibility index (Phi) is 4.58. The zero-order valence-electron chi connectivity index (χ0n) is 9.53. The summed E-state index contributed by atoms with van der Waals surface area (Å²) >= 11 is 0. The lowest BCUT2D eigenvalue weighted by Crippen LogP contribution is -2.44. The minimum Gasteiger partial charge on any atom is -0.327 e. The van der Waals surface area contributed by atoms with Gasteiger partial charge >= 0.3 is 0 Å². The maximum Gasteiger partial charge on any atom is 0.0504 e. The SMILES string of the molecule is CCC1CCC(N)C(S(=O)C(C)C)C1. The first-order valence-electron chi connectivity index (χ1n) is 5.71. The zero-order chi connectivity index (χ0) is 10.7. The van der Waals surface area contributed by atoms with Crippen LogP contribution >= 0.6 is 0 Å². The standard InChI is InChI=1S/C11H23NOS/c1-4-9-5-6-10(12)11(7-9)14(13)8(2)3/h8-11H,4-7,12H2,1-3H3. The molecule has 3 heteroatoms. The van der Waals surface area contributed by atoms with E-state index in [-0.39, 0.29) is 16.5 Å². The van der Waals surface area contributed by atoms with E-state index in [0.29, 0.717) is 0 Å². The normalized spacial score (nSPS) is 35.9. The Hall–Kier alpha value is 0.110. The zero-order valence-corrected chi connectivity index (χ0v) is 10.3. The van der Waals surface area contributed by atoms with E-state index in [4.69, 9.17) is 5.73 Å². The van der Waals surface area contributed by atoms with Gasteiger partial charge in [0.25, 0.3) is 0 Å². The van der Waals surface area contributed by atoms with Crippen LogP contribution in [0.2, 0.25) is 0 Å². The Balaban J connectivity index is 2.60. The van der Waals surface area contributed by atoms with Crippen LogP contribution in [-0.4, -0.2) is 20.8 Å².